The van der Waals surface area contributed by atoms with Crippen molar-refractivity contribution in [3.63, 3.8) is 0 Å². The summed E-state index contributed by atoms with van der Waals surface area (Å²) < 4.78 is 0. The zero-order valence-corrected chi connectivity index (χ0v) is 12.7. The summed E-state index contributed by atoms with van der Waals surface area (Å²) in [4.78, 5) is 11.9. The number of carbonyl (C=O) groups excluding carboxylic acids is 1. The van der Waals surface area contributed by atoms with E-state index in [9.17, 15) is 9.90 Å². The lowest BCUT2D eigenvalue weighted by atomic mass is 9.98. The van der Waals surface area contributed by atoms with E-state index in [-0.39, 0.29) is 30.8 Å². The predicted molar refractivity (Wildman–Crippen MR) is 82.3 cm³/mol. The molecule has 4 nitrogen and oxygen atoms in total. The van der Waals surface area contributed by atoms with Crippen LogP contribution in [0.15, 0.2) is 24.3 Å². The minimum absolute atomic E-state index is 0. The van der Waals surface area contributed by atoms with Crippen molar-refractivity contribution >= 4 is 29.9 Å². The fourth-order valence-corrected chi connectivity index (χ4v) is 2.35. The Morgan fingerprint density at radius 2 is 2.15 bits per heavy atom. The fourth-order valence-electron chi connectivity index (χ4n) is 2.22. The molecule has 1 aliphatic heterocycles. The Hall–Kier alpha value is -0.810. The molecule has 2 atom stereocenters. The van der Waals surface area contributed by atoms with Gasteiger partial charge in [-0.25, -0.2) is 0 Å². The average molecular weight is 319 g/mol. The first kappa shape index (κ1) is 17.2. The molecule has 0 saturated carbocycles. The number of aliphatic hydroxyl groups is 1. The van der Waals surface area contributed by atoms with Gasteiger partial charge >= 0.3 is 0 Å². The van der Waals surface area contributed by atoms with Gasteiger partial charge in [-0.2, -0.15) is 0 Å². The van der Waals surface area contributed by atoms with Gasteiger partial charge in [0.15, 0.2) is 0 Å². The lowest BCUT2D eigenvalue weighted by Crippen LogP contribution is -2.41. The Bertz CT molecular complexity index is 420. The third-order valence-electron chi connectivity index (χ3n) is 3.39. The van der Waals surface area contributed by atoms with Gasteiger partial charge in [0.2, 0.25) is 5.91 Å². The molecule has 0 aromatic heterocycles. The Morgan fingerprint density at radius 1 is 1.45 bits per heavy atom. The minimum Gasteiger partial charge on any atom is -0.387 e. The van der Waals surface area contributed by atoms with Crippen molar-refractivity contribution in [2.75, 3.05) is 19.6 Å². The van der Waals surface area contributed by atoms with E-state index in [1.807, 2.05) is 0 Å². The van der Waals surface area contributed by atoms with Crippen molar-refractivity contribution in [2.24, 2.45) is 5.92 Å². The van der Waals surface area contributed by atoms with Gasteiger partial charge < -0.3 is 15.7 Å². The van der Waals surface area contributed by atoms with E-state index in [0.29, 0.717) is 5.02 Å². The molecule has 1 heterocycles. The summed E-state index contributed by atoms with van der Waals surface area (Å²) in [5, 5.41) is 16.6. The summed E-state index contributed by atoms with van der Waals surface area (Å²) in [6.07, 6.45) is 1.24. The van der Waals surface area contributed by atoms with Crippen molar-refractivity contribution < 1.29 is 9.90 Å². The summed E-state index contributed by atoms with van der Waals surface area (Å²) in [7, 11) is 0. The number of nitrogens with one attached hydrogen (secondary N) is 2. The second-order valence-corrected chi connectivity index (χ2v) is 5.29. The van der Waals surface area contributed by atoms with Crippen LogP contribution in [0.25, 0.3) is 0 Å². The Morgan fingerprint density at radius 3 is 2.75 bits per heavy atom. The van der Waals surface area contributed by atoms with Crippen LogP contribution in [0.3, 0.4) is 0 Å². The Labute approximate surface area is 130 Å². The van der Waals surface area contributed by atoms with Gasteiger partial charge in [-0.3, -0.25) is 4.79 Å². The molecule has 0 radical (unpaired) electrons. The lowest BCUT2D eigenvalue weighted by molar-refractivity contribution is -0.125. The third kappa shape index (κ3) is 4.94. The first-order valence-electron chi connectivity index (χ1n) is 6.59. The number of rotatable bonds is 4. The Balaban J connectivity index is 0.00000200. The smallest absolute Gasteiger partial charge is 0.224 e. The molecule has 2 rings (SSSR count). The summed E-state index contributed by atoms with van der Waals surface area (Å²) in [6.45, 7) is 1.94. The monoisotopic (exact) mass is 318 g/mol. The molecular weight excluding hydrogens is 299 g/mol. The first-order chi connectivity index (χ1) is 9.16. The number of halogens is 2. The number of hydrogen-bond acceptors (Lipinski definition) is 3. The van der Waals surface area contributed by atoms with Crippen LogP contribution in [0.1, 0.15) is 24.5 Å². The van der Waals surface area contributed by atoms with Crippen LogP contribution < -0.4 is 10.6 Å². The minimum atomic E-state index is -0.697. The van der Waals surface area contributed by atoms with Crippen LogP contribution in [0, 0.1) is 5.92 Å². The molecule has 0 spiro atoms. The molecule has 1 aliphatic rings. The molecule has 20 heavy (non-hydrogen) atoms. The van der Waals surface area contributed by atoms with Gasteiger partial charge in [-0.05, 0) is 37.1 Å². The molecule has 0 aliphatic carbocycles. The molecule has 2 unspecified atom stereocenters. The molecule has 1 fully saturated rings. The van der Waals surface area contributed by atoms with Gasteiger partial charge in [0.05, 0.1) is 12.0 Å². The maximum absolute atomic E-state index is 11.9. The van der Waals surface area contributed by atoms with Gasteiger partial charge in [-0.1, -0.05) is 23.7 Å². The van der Waals surface area contributed by atoms with Crippen molar-refractivity contribution in [1.29, 1.82) is 0 Å². The second-order valence-electron chi connectivity index (χ2n) is 4.86. The number of carbonyl (C=O) groups is 1. The molecule has 6 heteroatoms. The first-order valence-corrected chi connectivity index (χ1v) is 6.96. The zero-order valence-electron chi connectivity index (χ0n) is 11.1. The van der Waals surface area contributed by atoms with E-state index in [0.717, 1.165) is 31.5 Å². The van der Waals surface area contributed by atoms with Gasteiger partial charge in [0.1, 0.15) is 0 Å². The Kier molecular flexibility index (Phi) is 7.30. The highest BCUT2D eigenvalue weighted by Gasteiger charge is 2.21. The molecule has 1 saturated heterocycles. The van der Waals surface area contributed by atoms with Gasteiger partial charge in [0.25, 0.3) is 0 Å². The quantitative estimate of drug-likeness (QED) is 0.794. The van der Waals surface area contributed by atoms with Crippen LogP contribution in [-0.4, -0.2) is 30.6 Å². The molecule has 3 N–H and O–H groups in total. The molecule has 1 aromatic rings. The average Bonchev–Trinajstić information content (AvgIpc) is 2.46. The SMILES string of the molecule is Cl.O=C(NCC(O)c1ccc(Cl)cc1)C1CCCNC1. The van der Waals surface area contributed by atoms with Crippen molar-refractivity contribution in [3.05, 3.63) is 34.9 Å². The lowest BCUT2D eigenvalue weighted by Gasteiger charge is -2.22. The molecule has 0 bridgehead atoms. The number of amides is 1. The van der Waals surface area contributed by atoms with Crippen LogP contribution in [0.5, 0.6) is 0 Å². The molecular formula is C14H20Cl2N2O2. The van der Waals surface area contributed by atoms with Crippen LogP contribution >= 0.6 is 24.0 Å². The van der Waals surface area contributed by atoms with Gasteiger partial charge in [-0.15, -0.1) is 12.4 Å². The molecule has 112 valence electrons. The highest BCUT2D eigenvalue weighted by atomic mass is 35.5. The molecule has 1 amide bonds. The van der Waals surface area contributed by atoms with E-state index in [2.05, 4.69) is 10.6 Å². The van der Waals surface area contributed by atoms with E-state index in [4.69, 9.17) is 11.6 Å². The van der Waals surface area contributed by atoms with Crippen LogP contribution in [-0.2, 0) is 4.79 Å². The number of piperidine rings is 1. The molecule has 1 aromatic carbocycles. The number of aliphatic hydroxyl groups excluding tert-OH is 1. The van der Waals surface area contributed by atoms with Crippen LogP contribution in [0.2, 0.25) is 5.02 Å². The third-order valence-corrected chi connectivity index (χ3v) is 3.64. The zero-order chi connectivity index (χ0) is 13.7. The number of benzene rings is 1. The summed E-state index contributed by atoms with van der Waals surface area (Å²) in [6, 6.07) is 6.99. The van der Waals surface area contributed by atoms with Crippen molar-refractivity contribution in [3.8, 4) is 0 Å². The topological polar surface area (TPSA) is 61.4 Å². The standard InChI is InChI=1S/C14H19ClN2O2.ClH/c15-12-5-3-10(4-6-12)13(18)9-17-14(19)11-2-1-7-16-8-11;/h3-6,11,13,16,18H,1-2,7-9H2,(H,17,19);1H. The normalized spacial score (nSPS) is 19.8. The van der Waals surface area contributed by atoms with E-state index >= 15 is 0 Å². The largest absolute Gasteiger partial charge is 0.387 e. The summed E-state index contributed by atoms with van der Waals surface area (Å²) in [5.74, 6) is 0.0337. The van der Waals surface area contributed by atoms with Crippen molar-refractivity contribution in [1.82, 2.24) is 10.6 Å². The van der Waals surface area contributed by atoms with E-state index in [1.165, 1.54) is 0 Å². The van der Waals surface area contributed by atoms with E-state index in [1.54, 1.807) is 24.3 Å². The predicted octanol–water partition coefficient (Wildman–Crippen LogP) is 1.91. The van der Waals surface area contributed by atoms with Gasteiger partial charge in [0, 0.05) is 18.1 Å². The van der Waals surface area contributed by atoms with E-state index < -0.39 is 6.10 Å². The highest BCUT2D eigenvalue weighted by Crippen LogP contribution is 2.16. The second kappa shape index (κ2) is 8.47. The fraction of sp³-hybridized carbons (Fsp3) is 0.500. The van der Waals surface area contributed by atoms with Crippen LogP contribution in [0.4, 0.5) is 0 Å². The van der Waals surface area contributed by atoms with Crippen molar-refractivity contribution in [2.45, 2.75) is 18.9 Å². The maximum Gasteiger partial charge on any atom is 0.224 e. The summed E-state index contributed by atoms with van der Waals surface area (Å²) in [5.41, 5.74) is 0.756. The summed E-state index contributed by atoms with van der Waals surface area (Å²) >= 11 is 5.79. The highest BCUT2D eigenvalue weighted by molar-refractivity contribution is 6.30. The number of hydrogen-bond donors (Lipinski definition) is 3. The maximum atomic E-state index is 11.9.